The maximum Gasteiger partial charge on any atom is 0.0183 e. The first-order chi connectivity index (χ1) is 7.19. The molecule has 0 aromatic heterocycles. The van der Waals surface area contributed by atoms with Crippen molar-refractivity contribution >= 4 is 6.21 Å². The van der Waals surface area contributed by atoms with Crippen LogP contribution in [-0.2, 0) is 0 Å². The Hall–Kier alpha value is -1.63. The highest BCUT2D eigenvalue weighted by Crippen LogP contribution is 2.13. The van der Waals surface area contributed by atoms with E-state index < -0.39 is 0 Å². The molecule has 0 heterocycles. The lowest BCUT2D eigenvalue weighted by atomic mass is 10.0. The molecule has 0 fully saturated rings. The van der Waals surface area contributed by atoms with Crippen LogP contribution < -0.4 is 0 Å². The molecule has 0 aliphatic carbocycles. The van der Waals surface area contributed by atoms with Gasteiger partial charge >= 0.3 is 0 Å². The Bertz CT molecular complexity index is 327. The third-order valence-corrected chi connectivity index (χ3v) is 2.08. The summed E-state index contributed by atoms with van der Waals surface area (Å²) in [5.74, 6) is 0. The Morgan fingerprint density at radius 3 is 2.33 bits per heavy atom. The number of hydrogen-bond donors (Lipinski definition) is 1. The van der Waals surface area contributed by atoms with Crippen LogP contribution in [0.5, 0.6) is 0 Å². The van der Waals surface area contributed by atoms with Gasteiger partial charge in [-0.3, -0.25) is 0 Å². The third-order valence-electron chi connectivity index (χ3n) is 2.08. The van der Waals surface area contributed by atoms with E-state index in [1.54, 1.807) is 12.2 Å². The Morgan fingerprint density at radius 2 is 1.93 bits per heavy atom. The monoisotopic (exact) mass is 201 g/mol. The molecule has 0 unspecified atom stereocenters. The minimum absolute atomic E-state index is 0.950. The van der Waals surface area contributed by atoms with Crippen molar-refractivity contribution in [3.63, 3.8) is 0 Å². The Labute approximate surface area is 92.7 Å². The fraction of sp³-hybridized carbons (Fsp3) is 0.214. The minimum Gasteiger partial charge on any atom is -0.309 e. The highest BCUT2D eigenvalue weighted by atomic mass is 14.3. The average molecular weight is 201 g/mol. The van der Waals surface area contributed by atoms with E-state index >= 15 is 0 Å². The zero-order valence-electron chi connectivity index (χ0n) is 9.59. The molecule has 1 nitrogen and oxygen atoms in total. The second-order valence-corrected chi connectivity index (χ2v) is 3.08. The molecule has 1 N–H and O–H groups in total. The summed E-state index contributed by atoms with van der Waals surface area (Å²) in [5, 5.41) is 7.04. The molecule has 0 amide bonds. The SMILES string of the molecule is C=CC(=C\C=N)/C(/C=C\C(=C)CC)=C/C. The van der Waals surface area contributed by atoms with Gasteiger partial charge in [0.2, 0.25) is 0 Å². The third kappa shape index (κ3) is 4.96. The zero-order valence-corrected chi connectivity index (χ0v) is 9.59. The van der Waals surface area contributed by atoms with Gasteiger partial charge in [0, 0.05) is 6.21 Å². The van der Waals surface area contributed by atoms with Crippen LogP contribution in [0.15, 0.2) is 60.3 Å². The van der Waals surface area contributed by atoms with Crippen molar-refractivity contribution in [3.8, 4) is 0 Å². The highest BCUT2D eigenvalue weighted by molar-refractivity contribution is 5.72. The van der Waals surface area contributed by atoms with Gasteiger partial charge in [-0.2, -0.15) is 0 Å². The highest BCUT2D eigenvalue weighted by Gasteiger charge is 1.95. The largest absolute Gasteiger partial charge is 0.309 e. The summed E-state index contributed by atoms with van der Waals surface area (Å²) >= 11 is 0. The topological polar surface area (TPSA) is 23.9 Å². The second-order valence-electron chi connectivity index (χ2n) is 3.08. The van der Waals surface area contributed by atoms with Crippen molar-refractivity contribution < 1.29 is 0 Å². The Kier molecular flexibility index (Phi) is 6.90. The molecule has 0 aromatic rings. The summed E-state index contributed by atoms with van der Waals surface area (Å²) in [6.07, 6.45) is 11.7. The molecule has 0 saturated heterocycles. The molecular weight excluding hydrogens is 182 g/mol. The second kappa shape index (κ2) is 7.74. The lowest BCUT2D eigenvalue weighted by molar-refractivity contribution is 1.16. The van der Waals surface area contributed by atoms with E-state index in [4.69, 9.17) is 5.41 Å². The molecule has 15 heavy (non-hydrogen) atoms. The quantitative estimate of drug-likeness (QED) is 0.491. The van der Waals surface area contributed by atoms with E-state index in [0.29, 0.717) is 0 Å². The van der Waals surface area contributed by atoms with Gasteiger partial charge in [0.15, 0.2) is 0 Å². The predicted molar refractivity (Wildman–Crippen MR) is 69.4 cm³/mol. The van der Waals surface area contributed by atoms with Crippen LogP contribution in [0.3, 0.4) is 0 Å². The van der Waals surface area contributed by atoms with Crippen molar-refractivity contribution in [2.45, 2.75) is 20.3 Å². The summed E-state index contributed by atoms with van der Waals surface area (Å²) < 4.78 is 0. The van der Waals surface area contributed by atoms with Gasteiger partial charge in [0.05, 0.1) is 0 Å². The van der Waals surface area contributed by atoms with Crippen LogP contribution in [0.1, 0.15) is 20.3 Å². The first-order valence-corrected chi connectivity index (χ1v) is 5.05. The van der Waals surface area contributed by atoms with E-state index in [1.807, 2.05) is 25.2 Å². The molecule has 0 rings (SSSR count). The summed E-state index contributed by atoms with van der Waals surface area (Å²) in [6, 6.07) is 0. The van der Waals surface area contributed by atoms with Gasteiger partial charge < -0.3 is 5.41 Å². The van der Waals surface area contributed by atoms with E-state index in [9.17, 15) is 0 Å². The fourth-order valence-corrected chi connectivity index (χ4v) is 1.06. The lowest BCUT2D eigenvalue weighted by Crippen LogP contribution is -1.83. The molecule has 0 aliphatic heterocycles. The number of hydrogen-bond acceptors (Lipinski definition) is 1. The van der Waals surface area contributed by atoms with Gasteiger partial charge in [-0.1, -0.05) is 50.0 Å². The van der Waals surface area contributed by atoms with Crippen LogP contribution in [-0.4, -0.2) is 6.21 Å². The first-order valence-electron chi connectivity index (χ1n) is 5.05. The van der Waals surface area contributed by atoms with Crippen molar-refractivity contribution in [2.24, 2.45) is 0 Å². The van der Waals surface area contributed by atoms with Gasteiger partial charge in [-0.05, 0) is 30.6 Å². The van der Waals surface area contributed by atoms with Gasteiger partial charge in [-0.25, -0.2) is 0 Å². The molecule has 0 aromatic carbocycles. The molecule has 0 bridgehead atoms. The van der Waals surface area contributed by atoms with Crippen LogP contribution in [0.4, 0.5) is 0 Å². The first kappa shape index (κ1) is 13.4. The molecule has 1 heteroatoms. The van der Waals surface area contributed by atoms with Crippen molar-refractivity contribution in [1.82, 2.24) is 0 Å². The predicted octanol–water partition coefficient (Wildman–Crippen LogP) is 4.22. The fourth-order valence-electron chi connectivity index (χ4n) is 1.06. The van der Waals surface area contributed by atoms with E-state index in [1.165, 1.54) is 6.21 Å². The lowest BCUT2D eigenvalue weighted by Gasteiger charge is -2.01. The molecule has 0 atom stereocenters. The summed E-state index contributed by atoms with van der Waals surface area (Å²) in [7, 11) is 0. The average Bonchev–Trinajstić information content (AvgIpc) is 2.27. The summed E-state index contributed by atoms with van der Waals surface area (Å²) in [6.45, 7) is 11.7. The molecule has 0 radical (unpaired) electrons. The molecule has 80 valence electrons. The van der Waals surface area contributed by atoms with E-state index in [-0.39, 0.29) is 0 Å². The number of allylic oxidation sites excluding steroid dienone is 8. The van der Waals surface area contributed by atoms with E-state index in [2.05, 4.69) is 20.1 Å². The van der Waals surface area contributed by atoms with Crippen molar-refractivity contribution in [1.29, 1.82) is 5.41 Å². The van der Waals surface area contributed by atoms with Crippen LogP contribution in [0.2, 0.25) is 0 Å². The standard InChI is InChI=1S/C14H19N/c1-5-12(4)8-9-13(6-2)14(7-3)10-11-15/h6-11,15H,3-5H2,1-2H3/b9-8-,13-6+,14-10+,15-11?. The maximum atomic E-state index is 7.04. The van der Waals surface area contributed by atoms with Crippen molar-refractivity contribution in [3.05, 3.63) is 60.3 Å². The number of nitrogens with one attached hydrogen (secondary N) is 1. The number of rotatable bonds is 6. The van der Waals surface area contributed by atoms with Gasteiger partial charge in [-0.15, -0.1) is 0 Å². The van der Waals surface area contributed by atoms with Crippen LogP contribution >= 0.6 is 0 Å². The van der Waals surface area contributed by atoms with Gasteiger partial charge in [0.25, 0.3) is 0 Å². The van der Waals surface area contributed by atoms with Crippen LogP contribution in [0, 0.1) is 5.41 Å². The zero-order chi connectivity index (χ0) is 11.7. The summed E-state index contributed by atoms with van der Waals surface area (Å²) in [4.78, 5) is 0. The maximum absolute atomic E-state index is 7.04. The Balaban J connectivity index is 4.86. The minimum atomic E-state index is 0.950. The van der Waals surface area contributed by atoms with Crippen LogP contribution in [0.25, 0.3) is 0 Å². The van der Waals surface area contributed by atoms with E-state index in [0.717, 1.165) is 23.1 Å². The molecular formula is C14H19N. The summed E-state index contributed by atoms with van der Waals surface area (Å²) in [5.41, 5.74) is 3.10. The normalized spacial score (nSPS) is 12.9. The molecule has 0 saturated carbocycles. The molecule has 0 spiro atoms. The molecule has 0 aliphatic rings. The van der Waals surface area contributed by atoms with Crippen molar-refractivity contribution in [2.75, 3.05) is 0 Å². The Morgan fingerprint density at radius 1 is 1.27 bits per heavy atom. The van der Waals surface area contributed by atoms with Gasteiger partial charge in [0.1, 0.15) is 0 Å². The smallest absolute Gasteiger partial charge is 0.0183 e.